The van der Waals surface area contributed by atoms with Gasteiger partial charge in [-0.25, -0.2) is 8.42 Å². The lowest BCUT2D eigenvalue weighted by Gasteiger charge is -2.26. The number of aliphatic imine (C=N–C) groups is 1. The smallest absolute Gasteiger partial charge is 0.251 e. The third kappa shape index (κ3) is 4.00. The summed E-state index contributed by atoms with van der Waals surface area (Å²) in [4.78, 5) is 18.9. The Balaban J connectivity index is 2.08. The molecule has 1 aromatic carbocycles. The van der Waals surface area contributed by atoms with E-state index in [4.69, 9.17) is 9.47 Å². The lowest BCUT2D eigenvalue weighted by Crippen LogP contribution is -2.38. The summed E-state index contributed by atoms with van der Waals surface area (Å²) < 4.78 is 35.3. The van der Waals surface area contributed by atoms with Crippen LogP contribution < -0.4 is 14.4 Å². The second-order valence-corrected chi connectivity index (χ2v) is 10.3. The van der Waals surface area contributed by atoms with Gasteiger partial charge < -0.3 is 14.4 Å². The van der Waals surface area contributed by atoms with E-state index in [0.29, 0.717) is 22.4 Å². The molecular formula is C19H26N2O5S2. The van der Waals surface area contributed by atoms with Crippen molar-refractivity contribution in [3.05, 3.63) is 18.2 Å². The average Bonchev–Trinajstić information content (AvgIpc) is 3.12. The molecule has 0 aliphatic carbocycles. The van der Waals surface area contributed by atoms with Crippen LogP contribution in [0.25, 0.3) is 0 Å². The zero-order valence-corrected chi connectivity index (χ0v) is 18.2. The van der Waals surface area contributed by atoms with Crippen LogP contribution in [0.4, 0.5) is 5.69 Å². The first kappa shape index (κ1) is 21.0. The predicted octanol–water partition coefficient (Wildman–Crippen LogP) is 2.74. The summed E-state index contributed by atoms with van der Waals surface area (Å²) >= 11 is 1.37. The van der Waals surface area contributed by atoms with Gasteiger partial charge >= 0.3 is 0 Å². The molecule has 2 aliphatic heterocycles. The molecule has 28 heavy (non-hydrogen) atoms. The standard InChI is InChI=1S/C19H26N2O5S2/c1-5-12(6-2)18(22)20-19-21(15-10-28(23,24)11-17(15)27-19)14-9-13(25-3)7-8-16(14)26-4/h7-9,12,15,17H,5-6,10-11H2,1-4H3/t15-,17-/m0/s1. The van der Waals surface area contributed by atoms with Gasteiger partial charge in [0.05, 0.1) is 37.5 Å². The van der Waals surface area contributed by atoms with Crippen LogP contribution in [0, 0.1) is 5.92 Å². The van der Waals surface area contributed by atoms with E-state index >= 15 is 0 Å². The molecule has 0 N–H and O–H groups in total. The van der Waals surface area contributed by atoms with E-state index < -0.39 is 9.84 Å². The van der Waals surface area contributed by atoms with Crippen LogP contribution in [0.2, 0.25) is 0 Å². The summed E-state index contributed by atoms with van der Waals surface area (Å²) in [6.45, 7) is 3.94. The molecule has 2 aliphatic rings. The van der Waals surface area contributed by atoms with Crippen LogP contribution in [0.1, 0.15) is 26.7 Å². The zero-order chi connectivity index (χ0) is 20.5. The molecular weight excluding hydrogens is 400 g/mol. The summed E-state index contributed by atoms with van der Waals surface area (Å²) in [5.74, 6) is 1.02. The number of anilines is 1. The third-order valence-electron chi connectivity index (χ3n) is 5.25. The van der Waals surface area contributed by atoms with Gasteiger partial charge in [-0.15, -0.1) is 0 Å². The van der Waals surface area contributed by atoms with E-state index in [1.807, 2.05) is 18.7 Å². The first-order valence-corrected chi connectivity index (χ1v) is 12.0. The third-order valence-corrected chi connectivity index (χ3v) is 8.46. The number of hydrogen-bond donors (Lipinski definition) is 0. The number of carbonyl (C=O) groups is 1. The molecule has 0 spiro atoms. The minimum Gasteiger partial charge on any atom is -0.497 e. The number of thioether (sulfide) groups is 1. The Morgan fingerprint density at radius 1 is 1.25 bits per heavy atom. The minimum atomic E-state index is -3.13. The quantitative estimate of drug-likeness (QED) is 0.691. The molecule has 0 saturated carbocycles. The molecule has 1 aromatic rings. The topological polar surface area (TPSA) is 85.3 Å². The maximum Gasteiger partial charge on any atom is 0.251 e. The van der Waals surface area contributed by atoms with Gasteiger partial charge in [-0.3, -0.25) is 4.79 Å². The molecule has 0 unspecified atom stereocenters. The maximum absolute atomic E-state index is 12.7. The fourth-order valence-corrected chi connectivity index (χ4v) is 7.57. The summed E-state index contributed by atoms with van der Waals surface area (Å²) in [6, 6.07) is 5.06. The Morgan fingerprint density at radius 2 is 1.96 bits per heavy atom. The highest BCUT2D eigenvalue weighted by atomic mass is 32.2. The largest absolute Gasteiger partial charge is 0.497 e. The number of sulfone groups is 1. The Morgan fingerprint density at radius 3 is 2.57 bits per heavy atom. The van der Waals surface area contributed by atoms with Crippen molar-refractivity contribution in [2.24, 2.45) is 10.9 Å². The molecule has 154 valence electrons. The number of amidine groups is 1. The molecule has 2 saturated heterocycles. The van der Waals surface area contributed by atoms with Gasteiger partial charge in [0.25, 0.3) is 5.91 Å². The minimum absolute atomic E-state index is 0.0310. The van der Waals surface area contributed by atoms with Gasteiger partial charge in [0.2, 0.25) is 0 Å². The molecule has 0 aromatic heterocycles. The zero-order valence-electron chi connectivity index (χ0n) is 16.5. The van der Waals surface area contributed by atoms with Crippen molar-refractivity contribution in [3.8, 4) is 11.5 Å². The Bertz CT molecular complexity index is 880. The monoisotopic (exact) mass is 426 g/mol. The van der Waals surface area contributed by atoms with Crippen LogP contribution in [-0.4, -0.2) is 56.5 Å². The molecule has 2 atom stereocenters. The summed E-state index contributed by atoms with van der Waals surface area (Å²) in [5.41, 5.74) is 0.662. The number of carbonyl (C=O) groups excluding carboxylic acids is 1. The number of amides is 1. The van der Waals surface area contributed by atoms with Crippen molar-refractivity contribution in [2.75, 3.05) is 30.6 Å². The molecule has 1 amide bonds. The summed E-state index contributed by atoms with van der Waals surface area (Å²) in [7, 11) is -0.00640. The summed E-state index contributed by atoms with van der Waals surface area (Å²) in [6.07, 6.45) is 1.45. The van der Waals surface area contributed by atoms with Gasteiger partial charge in [-0.05, 0) is 25.0 Å². The Kier molecular flexibility index (Phi) is 6.24. The van der Waals surface area contributed by atoms with Crippen molar-refractivity contribution >= 4 is 38.4 Å². The van der Waals surface area contributed by atoms with Crippen molar-refractivity contribution < 1.29 is 22.7 Å². The number of benzene rings is 1. The lowest BCUT2D eigenvalue weighted by atomic mass is 10.0. The number of ether oxygens (including phenoxy) is 2. The number of fused-ring (bicyclic) bond motifs is 1. The van der Waals surface area contributed by atoms with E-state index in [1.165, 1.54) is 11.8 Å². The molecule has 9 heteroatoms. The Hall–Kier alpha value is -1.74. The van der Waals surface area contributed by atoms with E-state index in [1.54, 1.807) is 32.4 Å². The van der Waals surface area contributed by atoms with Crippen molar-refractivity contribution in [2.45, 2.75) is 38.0 Å². The SMILES string of the molecule is CCC(CC)C(=O)N=C1S[C@H]2CS(=O)(=O)C[C@@H]2N1c1cc(OC)ccc1OC. The molecule has 0 bridgehead atoms. The van der Waals surface area contributed by atoms with Crippen LogP contribution >= 0.6 is 11.8 Å². The van der Waals surface area contributed by atoms with Crippen molar-refractivity contribution in [3.63, 3.8) is 0 Å². The highest BCUT2D eigenvalue weighted by Crippen LogP contribution is 2.45. The number of rotatable bonds is 6. The van der Waals surface area contributed by atoms with E-state index in [9.17, 15) is 13.2 Å². The van der Waals surface area contributed by atoms with E-state index in [-0.39, 0.29) is 34.6 Å². The van der Waals surface area contributed by atoms with Gasteiger partial charge in [0.1, 0.15) is 11.5 Å². The van der Waals surface area contributed by atoms with Crippen molar-refractivity contribution in [1.29, 1.82) is 0 Å². The number of nitrogens with zero attached hydrogens (tertiary/aromatic N) is 2. The van der Waals surface area contributed by atoms with Crippen molar-refractivity contribution in [1.82, 2.24) is 0 Å². The van der Waals surface area contributed by atoms with Gasteiger partial charge in [0.15, 0.2) is 15.0 Å². The first-order valence-electron chi connectivity index (χ1n) is 9.34. The fourth-order valence-electron chi connectivity index (χ4n) is 3.65. The number of methoxy groups -OCH3 is 2. The second-order valence-electron chi connectivity index (χ2n) is 6.95. The maximum atomic E-state index is 12.7. The highest BCUT2D eigenvalue weighted by Gasteiger charge is 2.50. The fraction of sp³-hybridized carbons (Fsp3) is 0.579. The van der Waals surface area contributed by atoms with Crippen LogP contribution in [0.15, 0.2) is 23.2 Å². The highest BCUT2D eigenvalue weighted by molar-refractivity contribution is 8.16. The van der Waals surface area contributed by atoms with Gasteiger partial charge in [-0.2, -0.15) is 4.99 Å². The predicted molar refractivity (Wildman–Crippen MR) is 112 cm³/mol. The molecule has 3 rings (SSSR count). The van der Waals surface area contributed by atoms with Crippen LogP contribution in [0.5, 0.6) is 11.5 Å². The van der Waals surface area contributed by atoms with Gasteiger partial charge in [0, 0.05) is 17.2 Å². The van der Waals surface area contributed by atoms with Crippen LogP contribution in [0.3, 0.4) is 0 Å². The van der Waals surface area contributed by atoms with Gasteiger partial charge in [-0.1, -0.05) is 25.6 Å². The first-order chi connectivity index (χ1) is 13.3. The second kappa shape index (κ2) is 8.32. The molecule has 7 nitrogen and oxygen atoms in total. The Labute approximate surface area is 170 Å². The number of hydrogen-bond acceptors (Lipinski definition) is 6. The summed E-state index contributed by atoms with van der Waals surface area (Å²) in [5, 5.41) is 0.377. The molecule has 2 fully saturated rings. The van der Waals surface area contributed by atoms with E-state index in [0.717, 1.165) is 12.8 Å². The molecule has 0 radical (unpaired) electrons. The molecule has 2 heterocycles. The van der Waals surface area contributed by atoms with Crippen LogP contribution in [-0.2, 0) is 14.6 Å². The lowest BCUT2D eigenvalue weighted by molar-refractivity contribution is -0.121. The normalized spacial score (nSPS) is 24.6. The average molecular weight is 427 g/mol. The van der Waals surface area contributed by atoms with E-state index in [2.05, 4.69) is 4.99 Å².